The van der Waals surface area contributed by atoms with Crippen LogP contribution >= 0.6 is 0 Å². The van der Waals surface area contributed by atoms with E-state index in [1.807, 2.05) is 31.2 Å². The second-order valence-electron chi connectivity index (χ2n) is 18.3. The Kier molecular flexibility index (Phi) is 9.91. The number of para-hydroxylation sites is 2. The lowest BCUT2D eigenvalue weighted by Crippen LogP contribution is -2.61. The van der Waals surface area contributed by atoms with Crippen LogP contribution in [-0.2, 0) is 36.1 Å². The number of aromatic nitrogens is 2. The second-order valence-corrected chi connectivity index (χ2v) is 18.3. The molecule has 2 fully saturated rings. The average Bonchev–Trinajstić information content (AvgIpc) is 4.07. The van der Waals surface area contributed by atoms with Crippen LogP contribution in [0.2, 0.25) is 0 Å². The molecule has 5 aliphatic heterocycles. The molecule has 5 aromatic carbocycles. The first kappa shape index (κ1) is 42.7. The highest BCUT2D eigenvalue weighted by atomic mass is 16.6. The molecule has 3 N–H and O–H groups in total. The van der Waals surface area contributed by atoms with Gasteiger partial charge < -0.3 is 43.6 Å². The highest BCUT2D eigenvalue weighted by molar-refractivity contribution is 6.31. The predicted octanol–water partition coefficient (Wildman–Crippen LogP) is 5.82. The molecule has 2 bridgehead atoms. The molecule has 1 unspecified atom stereocenters. The number of methoxy groups -OCH3 is 1. The monoisotopic (exact) mass is 929 g/mol. The van der Waals surface area contributed by atoms with Crippen molar-refractivity contribution in [2.24, 2.45) is 0 Å². The number of likely N-dealkylation sites (N-methyl/N-ethyl adjacent to an activating group) is 1. The number of rotatable bonds is 12. The molecule has 5 aliphatic rings. The molecular formula is C52H47N7O10. The lowest BCUT2D eigenvalue weighted by Gasteiger charge is -2.50. The molecule has 350 valence electrons. The Balaban J connectivity index is 0.751. The first-order valence-electron chi connectivity index (χ1n) is 23.2. The van der Waals surface area contributed by atoms with Gasteiger partial charge in [0.15, 0.2) is 5.72 Å². The number of carbonyl (C=O) groups excluding carboxylic acids is 6. The number of carbonyl (C=O) groups is 6. The molecule has 0 spiro atoms. The molecule has 12 rings (SSSR count). The minimum absolute atomic E-state index is 0.0391. The topological polar surface area (TPSA) is 192 Å². The maximum Gasteiger partial charge on any atom is 0.264 e. The van der Waals surface area contributed by atoms with Crippen LogP contribution in [0.3, 0.4) is 0 Å². The van der Waals surface area contributed by atoms with Gasteiger partial charge in [0.2, 0.25) is 11.8 Å². The molecule has 17 heteroatoms. The first-order chi connectivity index (χ1) is 33.5. The van der Waals surface area contributed by atoms with E-state index in [0.717, 1.165) is 54.1 Å². The van der Waals surface area contributed by atoms with Gasteiger partial charge in [0.05, 0.1) is 58.0 Å². The molecule has 7 aromatic rings. The lowest BCUT2D eigenvalue weighted by atomic mass is 9.91. The van der Waals surface area contributed by atoms with Crippen LogP contribution in [-0.4, -0.2) is 113 Å². The molecule has 69 heavy (non-hydrogen) atoms. The van der Waals surface area contributed by atoms with E-state index in [-0.39, 0.29) is 55.6 Å². The van der Waals surface area contributed by atoms with E-state index in [1.165, 1.54) is 0 Å². The first-order valence-corrected chi connectivity index (χ1v) is 23.2. The third-order valence-electron chi connectivity index (χ3n) is 14.6. The number of fused-ring (bicyclic) bond motifs is 14. The van der Waals surface area contributed by atoms with Crippen molar-refractivity contribution in [1.29, 1.82) is 0 Å². The van der Waals surface area contributed by atoms with E-state index in [2.05, 4.69) is 49.4 Å². The fourth-order valence-electron chi connectivity index (χ4n) is 11.7. The maximum atomic E-state index is 14.7. The van der Waals surface area contributed by atoms with Crippen LogP contribution in [0.15, 0.2) is 91.0 Å². The van der Waals surface area contributed by atoms with Gasteiger partial charge in [-0.25, -0.2) is 0 Å². The molecule has 0 aliphatic carbocycles. The van der Waals surface area contributed by atoms with Gasteiger partial charge in [-0.15, -0.1) is 0 Å². The van der Waals surface area contributed by atoms with Crippen molar-refractivity contribution in [1.82, 2.24) is 29.6 Å². The summed E-state index contributed by atoms with van der Waals surface area (Å²) < 4.78 is 30.2. The Morgan fingerprint density at radius 2 is 1.64 bits per heavy atom. The number of hydrogen-bond donors (Lipinski definition) is 3. The molecule has 2 saturated heterocycles. The molecule has 7 heterocycles. The summed E-state index contributed by atoms with van der Waals surface area (Å²) in [6, 6.07) is 26.8. The molecule has 0 saturated carbocycles. The maximum absolute atomic E-state index is 14.7. The van der Waals surface area contributed by atoms with Gasteiger partial charge in [-0.05, 0) is 61.4 Å². The fourth-order valence-corrected chi connectivity index (χ4v) is 11.7. The van der Waals surface area contributed by atoms with Crippen LogP contribution in [0.4, 0.5) is 5.69 Å². The van der Waals surface area contributed by atoms with Crippen LogP contribution in [0.1, 0.15) is 79.4 Å². The number of amides is 6. The number of ether oxygens (including phenoxy) is 4. The van der Waals surface area contributed by atoms with Crippen LogP contribution < -0.4 is 20.7 Å². The quantitative estimate of drug-likeness (QED) is 0.0990. The summed E-state index contributed by atoms with van der Waals surface area (Å²) in [6.45, 7) is 3.44. The minimum atomic E-state index is -1.10. The Labute approximate surface area is 394 Å². The summed E-state index contributed by atoms with van der Waals surface area (Å²) >= 11 is 0. The van der Waals surface area contributed by atoms with Crippen molar-refractivity contribution in [2.75, 3.05) is 45.8 Å². The fraction of sp³-hybridized carbons (Fsp3) is 0.308. The zero-order valence-electron chi connectivity index (χ0n) is 38.0. The third kappa shape index (κ3) is 6.26. The highest BCUT2D eigenvalue weighted by Crippen LogP contribution is 2.54. The summed E-state index contributed by atoms with van der Waals surface area (Å²) in [5, 5.41) is 12.4. The van der Waals surface area contributed by atoms with E-state index in [9.17, 15) is 28.8 Å². The Hall–Kier alpha value is -7.60. The lowest BCUT2D eigenvalue weighted by molar-refractivity contribution is -0.264. The molecule has 2 aromatic heterocycles. The van der Waals surface area contributed by atoms with Gasteiger partial charge in [0.25, 0.3) is 23.6 Å². The molecule has 0 radical (unpaired) electrons. The summed E-state index contributed by atoms with van der Waals surface area (Å²) in [5.41, 5.74) is 5.57. The van der Waals surface area contributed by atoms with E-state index < -0.39 is 53.8 Å². The number of imide groups is 2. The molecular weight excluding hydrogens is 883 g/mol. The predicted molar refractivity (Wildman–Crippen MR) is 253 cm³/mol. The largest absolute Gasteiger partial charge is 0.491 e. The van der Waals surface area contributed by atoms with Crippen LogP contribution in [0, 0.1) is 0 Å². The number of piperidine rings is 1. The van der Waals surface area contributed by atoms with E-state index in [4.69, 9.17) is 18.9 Å². The van der Waals surface area contributed by atoms with Crippen molar-refractivity contribution >= 4 is 84.7 Å². The van der Waals surface area contributed by atoms with Crippen molar-refractivity contribution < 1.29 is 47.7 Å². The average molecular weight is 930 g/mol. The van der Waals surface area contributed by atoms with Crippen molar-refractivity contribution in [2.45, 2.75) is 62.9 Å². The summed E-state index contributed by atoms with van der Waals surface area (Å²) in [4.78, 5) is 82.0. The van der Waals surface area contributed by atoms with Gasteiger partial charge >= 0.3 is 0 Å². The second kappa shape index (κ2) is 16.0. The van der Waals surface area contributed by atoms with Gasteiger partial charge in [0, 0.05) is 72.9 Å². The van der Waals surface area contributed by atoms with E-state index in [1.54, 1.807) is 61.5 Å². The molecule has 5 atom stereocenters. The van der Waals surface area contributed by atoms with E-state index >= 15 is 0 Å². The summed E-state index contributed by atoms with van der Waals surface area (Å²) in [6.07, 6.45) is -0.636. The SMILES string of the molecule is CO[C@@H]1[C@H](N(C)C(=O)c2cccc(OCCOCCNc3cccc4c3C(=O)N(C3CCC(=O)NC3=O)C4=O)c2)C[C@H]2O[C@]1(C)n1c3ccccc3c3c4c(c5c6ccccc6n2c5c31)C(=O)NC4. The number of nitrogens with one attached hydrogen (secondary N) is 3. The third-order valence-corrected chi connectivity index (χ3v) is 14.6. The standard InChI is InChI=1S/C52H47N7O10/c1-52-46(66-3)37(25-39(69-52)57-34-16-6-4-12-29(34)42-43-32(26-54-48(43)62)40-30-13-5-7-17-35(30)59(52)45(40)44(42)57)56(2)49(63)27-10-8-11-28(24-27)68-23-22-67-21-20-53-33-15-9-14-31-41(33)51(65)58(50(31)64)36-18-19-38(60)55-47(36)61/h4-17,24,36-37,39,46,53H,18-23,25-26H2,1-3H3,(H,54,62)(H,55,60,61)/t36?,37-,39-,46-,52+/m1/s1. The smallest absolute Gasteiger partial charge is 0.264 e. The van der Waals surface area contributed by atoms with Gasteiger partial charge in [0.1, 0.15) is 30.7 Å². The normalized spacial score (nSPS) is 22.7. The van der Waals surface area contributed by atoms with Crippen molar-refractivity contribution in [3.63, 3.8) is 0 Å². The molecule has 17 nitrogen and oxygen atoms in total. The Morgan fingerprint density at radius 3 is 2.43 bits per heavy atom. The van der Waals surface area contributed by atoms with Crippen molar-refractivity contribution in [3.05, 3.63) is 119 Å². The van der Waals surface area contributed by atoms with Crippen LogP contribution in [0.25, 0.3) is 43.6 Å². The molecule has 6 amide bonds. The Bertz CT molecular complexity index is 3410. The minimum Gasteiger partial charge on any atom is -0.491 e. The van der Waals surface area contributed by atoms with Crippen molar-refractivity contribution in [3.8, 4) is 5.75 Å². The van der Waals surface area contributed by atoms with Crippen LogP contribution in [0.5, 0.6) is 5.75 Å². The van der Waals surface area contributed by atoms with E-state index in [0.29, 0.717) is 42.1 Å². The number of anilines is 1. The zero-order valence-corrected chi connectivity index (χ0v) is 38.0. The van der Waals surface area contributed by atoms with Gasteiger partial charge in [-0.2, -0.15) is 0 Å². The summed E-state index contributed by atoms with van der Waals surface area (Å²) in [7, 11) is 3.47. The zero-order chi connectivity index (χ0) is 47.5. The van der Waals surface area contributed by atoms with Gasteiger partial charge in [-0.1, -0.05) is 48.5 Å². The number of nitrogens with zero attached hydrogens (tertiary/aromatic N) is 4. The van der Waals surface area contributed by atoms with Gasteiger partial charge in [-0.3, -0.25) is 39.0 Å². The summed E-state index contributed by atoms with van der Waals surface area (Å²) in [5.74, 6) is -2.08. The number of hydrogen-bond acceptors (Lipinski definition) is 11. The Morgan fingerprint density at radius 1 is 0.870 bits per heavy atom. The number of benzene rings is 5. The highest BCUT2D eigenvalue weighted by Gasteiger charge is 2.55.